The Balaban J connectivity index is 2.06. The van der Waals surface area contributed by atoms with Crippen LogP contribution in [-0.2, 0) is 10.9 Å². The Morgan fingerprint density at radius 2 is 2.19 bits per heavy atom. The molecule has 0 aromatic heterocycles. The number of halogens is 3. The smallest absolute Gasteiger partial charge is 0.417 e. The van der Waals surface area contributed by atoms with Crippen molar-refractivity contribution in [3.05, 3.63) is 29.3 Å². The van der Waals surface area contributed by atoms with Crippen molar-refractivity contribution < 1.29 is 22.6 Å². The molecule has 0 bridgehead atoms. The Morgan fingerprint density at radius 3 is 2.81 bits per heavy atom. The first-order chi connectivity index (χ1) is 9.90. The van der Waals surface area contributed by atoms with E-state index in [1.165, 1.54) is 12.1 Å². The molecule has 114 valence electrons. The molecule has 4 nitrogen and oxygen atoms in total. The SMILES string of the molecule is CC1CNCC(COc2ccc(C#N)c(C(F)(F)F)c2)O1. The van der Waals surface area contributed by atoms with Gasteiger partial charge in [0.15, 0.2) is 0 Å². The molecule has 7 heteroatoms. The molecule has 0 radical (unpaired) electrons. The summed E-state index contributed by atoms with van der Waals surface area (Å²) in [7, 11) is 0. The number of benzene rings is 1. The fourth-order valence-electron chi connectivity index (χ4n) is 2.10. The van der Waals surface area contributed by atoms with Crippen LogP contribution in [0.3, 0.4) is 0 Å². The van der Waals surface area contributed by atoms with Crippen molar-refractivity contribution in [2.24, 2.45) is 0 Å². The summed E-state index contributed by atoms with van der Waals surface area (Å²) in [6.45, 7) is 3.39. The lowest BCUT2D eigenvalue weighted by Crippen LogP contribution is -2.45. The molecule has 0 aliphatic carbocycles. The van der Waals surface area contributed by atoms with Crippen LogP contribution in [0.15, 0.2) is 18.2 Å². The van der Waals surface area contributed by atoms with Crippen LogP contribution in [0.25, 0.3) is 0 Å². The highest BCUT2D eigenvalue weighted by Crippen LogP contribution is 2.34. The van der Waals surface area contributed by atoms with Gasteiger partial charge in [-0.05, 0) is 25.1 Å². The van der Waals surface area contributed by atoms with Gasteiger partial charge in [0.05, 0.1) is 23.3 Å². The van der Waals surface area contributed by atoms with Gasteiger partial charge in [0, 0.05) is 13.1 Å². The zero-order valence-corrected chi connectivity index (χ0v) is 11.4. The maximum Gasteiger partial charge on any atom is 0.417 e. The molecule has 1 heterocycles. The average Bonchev–Trinajstić information content (AvgIpc) is 2.44. The quantitative estimate of drug-likeness (QED) is 0.931. The summed E-state index contributed by atoms with van der Waals surface area (Å²) >= 11 is 0. The van der Waals surface area contributed by atoms with E-state index in [0.29, 0.717) is 6.54 Å². The third-order valence-corrected chi connectivity index (χ3v) is 3.08. The minimum atomic E-state index is -4.58. The molecule has 0 amide bonds. The first kappa shape index (κ1) is 15.6. The third kappa shape index (κ3) is 4.09. The molecule has 1 aliphatic rings. The van der Waals surface area contributed by atoms with Crippen LogP contribution in [0.4, 0.5) is 13.2 Å². The molecule has 1 fully saturated rings. The molecule has 21 heavy (non-hydrogen) atoms. The summed E-state index contributed by atoms with van der Waals surface area (Å²) in [5.74, 6) is 0.0724. The van der Waals surface area contributed by atoms with Crippen LogP contribution in [0, 0.1) is 11.3 Å². The highest BCUT2D eigenvalue weighted by atomic mass is 19.4. The molecular formula is C14H15F3N2O2. The molecule has 1 aliphatic heterocycles. The van der Waals surface area contributed by atoms with Crippen molar-refractivity contribution in [1.29, 1.82) is 5.26 Å². The van der Waals surface area contributed by atoms with E-state index in [9.17, 15) is 13.2 Å². The van der Waals surface area contributed by atoms with Gasteiger partial charge in [-0.3, -0.25) is 0 Å². The van der Waals surface area contributed by atoms with Gasteiger partial charge >= 0.3 is 6.18 Å². The zero-order valence-electron chi connectivity index (χ0n) is 11.4. The van der Waals surface area contributed by atoms with Crippen LogP contribution >= 0.6 is 0 Å². The van der Waals surface area contributed by atoms with Crippen molar-refractivity contribution >= 4 is 0 Å². The molecule has 1 aromatic rings. The molecule has 0 saturated carbocycles. The Kier molecular flexibility index (Phi) is 4.70. The minimum absolute atomic E-state index is 0.0408. The molecule has 2 rings (SSSR count). The van der Waals surface area contributed by atoms with Crippen LogP contribution in [0.2, 0.25) is 0 Å². The summed E-state index contributed by atoms with van der Waals surface area (Å²) < 4.78 is 49.4. The van der Waals surface area contributed by atoms with E-state index >= 15 is 0 Å². The second-order valence-corrected chi connectivity index (χ2v) is 4.85. The number of morpholine rings is 1. The molecule has 0 spiro atoms. The molecule has 1 aromatic carbocycles. The van der Waals surface area contributed by atoms with Crippen LogP contribution in [0.5, 0.6) is 5.75 Å². The average molecular weight is 300 g/mol. The van der Waals surface area contributed by atoms with Crippen molar-refractivity contribution in [2.45, 2.75) is 25.3 Å². The van der Waals surface area contributed by atoms with Crippen molar-refractivity contribution in [3.63, 3.8) is 0 Å². The molecule has 2 unspecified atom stereocenters. The van der Waals surface area contributed by atoms with E-state index < -0.39 is 17.3 Å². The van der Waals surface area contributed by atoms with Crippen LogP contribution in [-0.4, -0.2) is 31.9 Å². The highest BCUT2D eigenvalue weighted by molar-refractivity contribution is 5.44. The van der Waals surface area contributed by atoms with Gasteiger partial charge in [-0.1, -0.05) is 0 Å². The van der Waals surface area contributed by atoms with Crippen molar-refractivity contribution in [1.82, 2.24) is 5.32 Å². The van der Waals surface area contributed by atoms with E-state index in [4.69, 9.17) is 14.7 Å². The highest BCUT2D eigenvalue weighted by Gasteiger charge is 2.34. The number of ether oxygens (including phenoxy) is 2. The van der Waals surface area contributed by atoms with Gasteiger partial charge in [-0.25, -0.2) is 0 Å². The number of hydrogen-bond acceptors (Lipinski definition) is 4. The van der Waals surface area contributed by atoms with E-state index in [1.54, 1.807) is 0 Å². The van der Waals surface area contributed by atoms with Crippen LogP contribution in [0.1, 0.15) is 18.1 Å². The first-order valence-electron chi connectivity index (χ1n) is 6.50. The second-order valence-electron chi connectivity index (χ2n) is 4.85. The summed E-state index contributed by atoms with van der Waals surface area (Å²) in [6, 6.07) is 4.84. The zero-order chi connectivity index (χ0) is 15.5. The Hall–Kier alpha value is -1.78. The molecular weight excluding hydrogens is 285 g/mol. The predicted octanol–water partition coefficient (Wildman–Crippen LogP) is 2.33. The Morgan fingerprint density at radius 1 is 1.43 bits per heavy atom. The number of hydrogen-bond donors (Lipinski definition) is 1. The monoisotopic (exact) mass is 300 g/mol. The topological polar surface area (TPSA) is 54.3 Å². The fourth-order valence-corrected chi connectivity index (χ4v) is 2.10. The van der Waals surface area contributed by atoms with Crippen molar-refractivity contribution in [2.75, 3.05) is 19.7 Å². The summed E-state index contributed by atoms with van der Waals surface area (Å²) in [4.78, 5) is 0. The molecule has 1 N–H and O–H groups in total. The van der Waals surface area contributed by atoms with Gasteiger partial charge in [-0.15, -0.1) is 0 Å². The van der Waals surface area contributed by atoms with E-state index in [-0.39, 0.29) is 24.6 Å². The lowest BCUT2D eigenvalue weighted by atomic mass is 10.1. The summed E-state index contributed by atoms with van der Waals surface area (Å²) in [5.41, 5.74) is -1.40. The number of nitrogens with one attached hydrogen (secondary N) is 1. The molecule has 1 saturated heterocycles. The number of rotatable bonds is 3. The lowest BCUT2D eigenvalue weighted by molar-refractivity contribution is -0.137. The fraction of sp³-hybridized carbons (Fsp3) is 0.500. The third-order valence-electron chi connectivity index (χ3n) is 3.08. The van der Waals surface area contributed by atoms with Gasteiger partial charge in [-0.2, -0.15) is 18.4 Å². The van der Waals surface area contributed by atoms with E-state index in [2.05, 4.69) is 5.32 Å². The normalized spacial score (nSPS) is 22.6. The predicted molar refractivity (Wildman–Crippen MR) is 68.9 cm³/mol. The second kappa shape index (κ2) is 6.33. The maximum absolute atomic E-state index is 12.8. The number of nitriles is 1. The van der Waals surface area contributed by atoms with Gasteiger partial charge < -0.3 is 14.8 Å². The summed E-state index contributed by atoms with van der Waals surface area (Å²) in [5, 5.41) is 11.9. The lowest BCUT2D eigenvalue weighted by Gasteiger charge is -2.28. The first-order valence-corrected chi connectivity index (χ1v) is 6.50. The Labute approximate surface area is 120 Å². The minimum Gasteiger partial charge on any atom is -0.491 e. The van der Waals surface area contributed by atoms with Gasteiger partial charge in [0.1, 0.15) is 18.5 Å². The standard InChI is InChI=1S/C14H15F3N2O2/c1-9-6-19-7-12(21-9)8-20-11-3-2-10(5-18)13(4-11)14(15,16)17/h2-4,9,12,19H,6-8H2,1H3. The number of nitrogens with zero attached hydrogens (tertiary/aromatic N) is 1. The molecule has 2 atom stereocenters. The van der Waals surface area contributed by atoms with Crippen molar-refractivity contribution in [3.8, 4) is 11.8 Å². The van der Waals surface area contributed by atoms with Gasteiger partial charge in [0.2, 0.25) is 0 Å². The largest absolute Gasteiger partial charge is 0.491 e. The van der Waals surface area contributed by atoms with Gasteiger partial charge in [0.25, 0.3) is 0 Å². The number of alkyl halides is 3. The van der Waals surface area contributed by atoms with Crippen LogP contribution < -0.4 is 10.1 Å². The Bertz CT molecular complexity index is 540. The maximum atomic E-state index is 12.8. The summed E-state index contributed by atoms with van der Waals surface area (Å²) in [6.07, 6.45) is -4.75. The van der Waals surface area contributed by atoms with E-state index in [0.717, 1.165) is 18.7 Å². The van der Waals surface area contributed by atoms with E-state index in [1.807, 2.05) is 6.92 Å².